The van der Waals surface area contributed by atoms with Crippen LogP contribution in [0.1, 0.15) is 24.9 Å². The van der Waals surface area contributed by atoms with Crippen molar-refractivity contribution in [2.75, 3.05) is 33.5 Å². The van der Waals surface area contributed by atoms with Gasteiger partial charge in [-0.1, -0.05) is 6.07 Å². The smallest absolute Gasteiger partial charge is 0.131 e. The zero-order chi connectivity index (χ0) is 14.1. The van der Waals surface area contributed by atoms with E-state index in [0.717, 1.165) is 6.42 Å². The molecule has 1 rings (SSSR count). The Balaban J connectivity index is 2.35. The first-order chi connectivity index (χ1) is 9.16. The second kappa shape index (κ2) is 8.85. The molecule has 1 aromatic rings. The van der Waals surface area contributed by atoms with Crippen molar-refractivity contribution in [3.05, 3.63) is 29.6 Å². The first kappa shape index (κ1) is 15.9. The number of nitrogens with two attached hydrogens (primary N) is 1. The summed E-state index contributed by atoms with van der Waals surface area (Å²) in [6, 6.07) is 4.34. The summed E-state index contributed by atoms with van der Waals surface area (Å²) >= 11 is 0. The minimum atomic E-state index is -0.394. The average Bonchev–Trinajstić information content (AvgIpc) is 2.37. The van der Waals surface area contributed by atoms with Crippen LogP contribution in [0.15, 0.2) is 18.2 Å². The number of hydrogen-bond donors (Lipinski definition) is 1. The summed E-state index contributed by atoms with van der Waals surface area (Å²) in [6.45, 7) is 3.95. The fourth-order valence-corrected chi connectivity index (χ4v) is 1.67. The number of ether oxygens (including phenoxy) is 3. The standard InChI is InChI=1S/C14H22FNO3/c1-11(16)14-12(15)5-3-6-13(14)19-8-4-7-18-10-9-17-2/h3,5-6,11H,4,7-10,16H2,1-2H3/t11-/m0/s1. The van der Waals surface area contributed by atoms with Crippen LogP contribution in [0.5, 0.6) is 5.75 Å². The van der Waals surface area contributed by atoms with Crippen molar-refractivity contribution in [3.8, 4) is 5.75 Å². The molecule has 19 heavy (non-hydrogen) atoms. The topological polar surface area (TPSA) is 53.7 Å². The van der Waals surface area contributed by atoms with Crippen LogP contribution in [-0.2, 0) is 9.47 Å². The maximum atomic E-state index is 13.6. The van der Waals surface area contributed by atoms with Crippen LogP contribution in [-0.4, -0.2) is 33.5 Å². The number of rotatable bonds is 9. The maximum absolute atomic E-state index is 13.6. The van der Waals surface area contributed by atoms with Crippen molar-refractivity contribution >= 4 is 0 Å². The van der Waals surface area contributed by atoms with Crippen LogP contribution < -0.4 is 10.5 Å². The summed E-state index contributed by atoms with van der Waals surface area (Å²) in [5, 5.41) is 0. The van der Waals surface area contributed by atoms with E-state index in [1.807, 2.05) is 0 Å². The summed E-state index contributed by atoms with van der Waals surface area (Å²) in [6.07, 6.45) is 0.735. The minimum Gasteiger partial charge on any atom is -0.493 e. The fraction of sp³-hybridized carbons (Fsp3) is 0.571. The van der Waals surface area contributed by atoms with Crippen LogP contribution >= 0.6 is 0 Å². The Morgan fingerprint density at radius 3 is 2.68 bits per heavy atom. The van der Waals surface area contributed by atoms with E-state index in [1.54, 1.807) is 26.2 Å². The van der Waals surface area contributed by atoms with E-state index >= 15 is 0 Å². The predicted molar refractivity (Wildman–Crippen MR) is 71.8 cm³/mol. The Morgan fingerprint density at radius 1 is 1.21 bits per heavy atom. The highest BCUT2D eigenvalue weighted by Crippen LogP contribution is 2.26. The molecule has 0 aliphatic carbocycles. The normalized spacial score (nSPS) is 12.4. The lowest BCUT2D eigenvalue weighted by molar-refractivity contribution is 0.0643. The van der Waals surface area contributed by atoms with Crippen LogP contribution in [0.4, 0.5) is 4.39 Å². The molecular weight excluding hydrogens is 249 g/mol. The highest BCUT2D eigenvalue weighted by molar-refractivity contribution is 5.36. The van der Waals surface area contributed by atoms with E-state index in [1.165, 1.54) is 6.07 Å². The van der Waals surface area contributed by atoms with Gasteiger partial charge in [0.05, 0.1) is 19.8 Å². The molecule has 4 nitrogen and oxygen atoms in total. The van der Waals surface area contributed by atoms with E-state index in [0.29, 0.717) is 37.7 Å². The van der Waals surface area contributed by atoms with Crippen LogP contribution in [0.3, 0.4) is 0 Å². The summed E-state index contributed by atoms with van der Waals surface area (Å²) in [5.41, 5.74) is 6.16. The first-order valence-electron chi connectivity index (χ1n) is 6.40. The molecular formula is C14H22FNO3. The molecule has 0 aliphatic rings. The van der Waals surface area contributed by atoms with Gasteiger partial charge in [0, 0.05) is 31.7 Å². The molecule has 0 spiro atoms. The summed E-state index contributed by atoms with van der Waals surface area (Å²) in [5.74, 6) is 0.177. The molecule has 0 bridgehead atoms. The molecule has 0 saturated heterocycles. The van der Waals surface area contributed by atoms with Gasteiger partial charge >= 0.3 is 0 Å². The van der Waals surface area contributed by atoms with Gasteiger partial charge in [0.15, 0.2) is 0 Å². The lowest BCUT2D eigenvalue weighted by Crippen LogP contribution is -2.12. The van der Waals surface area contributed by atoms with Gasteiger partial charge in [0.25, 0.3) is 0 Å². The van der Waals surface area contributed by atoms with Crippen molar-refractivity contribution in [1.82, 2.24) is 0 Å². The van der Waals surface area contributed by atoms with Gasteiger partial charge in [0.1, 0.15) is 11.6 Å². The Morgan fingerprint density at radius 2 is 2.00 bits per heavy atom. The van der Waals surface area contributed by atoms with Crippen molar-refractivity contribution in [2.45, 2.75) is 19.4 Å². The Bertz CT molecular complexity index is 372. The molecule has 1 atom stereocenters. The lowest BCUT2D eigenvalue weighted by atomic mass is 10.1. The molecule has 108 valence electrons. The third-order valence-corrected chi connectivity index (χ3v) is 2.59. The van der Waals surface area contributed by atoms with Gasteiger partial charge in [-0.15, -0.1) is 0 Å². The maximum Gasteiger partial charge on any atom is 0.131 e. The minimum absolute atomic E-state index is 0.330. The molecule has 0 aliphatic heterocycles. The lowest BCUT2D eigenvalue weighted by Gasteiger charge is -2.14. The van der Waals surface area contributed by atoms with E-state index in [9.17, 15) is 4.39 Å². The molecule has 0 heterocycles. The van der Waals surface area contributed by atoms with Crippen LogP contribution in [0.2, 0.25) is 0 Å². The second-order valence-electron chi connectivity index (χ2n) is 4.25. The summed E-state index contributed by atoms with van der Waals surface area (Å²) in [7, 11) is 1.63. The van der Waals surface area contributed by atoms with Gasteiger partial charge in [-0.3, -0.25) is 0 Å². The monoisotopic (exact) mass is 271 g/mol. The molecule has 2 N–H and O–H groups in total. The van der Waals surface area contributed by atoms with Gasteiger partial charge in [-0.25, -0.2) is 4.39 Å². The van der Waals surface area contributed by atoms with Crippen molar-refractivity contribution in [1.29, 1.82) is 0 Å². The average molecular weight is 271 g/mol. The van der Waals surface area contributed by atoms with E-state index in [-0.39, 0.29) is 5.82 Å². The number of benzene rings is 1. The number of methoxy groups -OCH3 is 1. The molecule has 0 fully saturated rings. The zero-order valence-corrected chi connectivity index (χ0v) is 11.5. The third kappa shape index (κ3) is 5.55. The molecule has 1 aromatic carbocycles. The predicted octanol–water partition coefficient (Wildman–Crippen LogP) is 2.28. The summed E-state index contributed by atoms with van der Waals surface area (Å²) < 4.78 is 29.3. The Labute approximate surface area is 113 Å². The molecule has 0 saturated carbocycles. The molecule has 0 radical (unpaired) electrons. The molecule has 0 unspecified atom stereocenters. The molecule has 5 heteroatoms. The Hall–Kier alpha value is -1.17. The van der Waals surface area contributed by atoms with E-state index < -0.39 is 6.04 Å². The zero-order valence-electron chi connectivity index (χ0n) is 11.5. The third-order valence-electron chi connectivity index (χ3n) is 2.59. The van der Waals surface area contributed by atoms with Crippen molar-refractivity contribution in [2.24, 2.45) is 5.73 Å². The summed E-state index contributed by atoms with van der Waals surface area (Å²) in [4.78, 5) is 0. The van der Waals surface area contributed by atoms with Gasteiger partial charge in [0.2, 0.25) is 0 Å². The SMILES string of the molecule is COCCOCCCOc1cccc(F)c1[C@H](C)N. The highest BCUT2D eigenvalue weighted by Gasteiger charge is 2.13. The fourth-order valence-electron chi connectivity index (χ4n) is 1.67. The van der Waals surface area contributed by atoms with Crippen molar-refractivity contribution < 1.29 is 18.6 Å². The molecule has 0 amide bonds. The van der Waals surface area contributed by atoms with Gasteiger partial charge in [-0.2, -0.15) is 0 Å². The molecule has 0 aromatic heterocycles. The van der Waals surface area contributed by atoms with Crippen molar-refractivity contribution in [3.63, 3.8) is 0 Å². The number of halogens is 1. The quantitative estimate of drug-likeness (QED) is 0.700. The first-order valence-corrected chi connectivity index (χ1v) is 6.40. The largest absolute Gasteiger partial charge is 0.493 e. The highest BCUT2D eigenvalue weighted by atomic mass is 19.1. The van der Waals surface area contributed by atoms with Gasteiger partial charge in [-0.05, 0) is 19.1 Å². The van der Waals surface area contributed by atoms with Crippen LogP contribution in [0, 0.1) is 5.82 Å². The van der Waals surface area contributed by atoms with E-state index in [4.69, 9.17) is 19.9 Å². The van der Waals surface area contributed by atoms with E-state index in [2.05, 4.69) is 0 Å². The number of hydrogen-bond acceptors (Lipinski definition) is 4. The second-order valence-corrected chi connectivity index (χ2v) is 4.25. The van der Waals surface area contributed by atoms with Crippen LogP contribution in [0.25, 0.3) is 0 Å². The Kier molecular flexibility index (Phi) is 7.40. The van der Waals surface area contributed by atoms with Gasteiger partial charge < -0.3 is 19.9 Å².